The summed E-state index contributed by atoms with van der Waals surface area (Å²) in [4.78, 5) is 26.7. The molecule has 33 heavy (non-hydrogen) atoms. The molecule has 3 aromatic carbocycles. The van der Waals surface area contributed by atoms with Crippen molar-refractivity contribution in [3.8, 4) is 5.75 Å². The number of ether oxygens (including phenoxy) is 1. The monoisotopic (exact) mass is 440 g/mol. The third-order valence-corrected chi connectivity index (χ3v) is 5.72. The third-order valence-electron chi connectivity index (χ3n) is 5.72. The predicted molar refractivity (Wildman–Crippen MR) is 130 cm³/mol. The van der Waals surface area contributed by atoms with Gasteiger partial charge in [-0.1, -0.05) is 60.7 Å². The summed E-state index contributed by atoms with van der Waals surface area (Å²) in [5.41, 5.74) is 2.73. The van der Waals surface area contributed by atoms with Crippen molar-refractivity contribution in [1.82, 2.24) is 10.2 Å². The molecule has 0 aliphatic carbocycles. The van der Waals surface area contributed by atoms with E-state index in [9.17, 15) is 9.59 Å². The van der Waals surface area contributed by atoms with Crippen LogP contribution in [-0.2, 0) is 11.4 Å². The lowest BCUT2D eigenvalue weighted by Gasteiger charge is -2.31. The molecule has 0 bridgehead atoms. The Kier molecular flexibility index (Phi) is 7.54. The second kappa shape index (κ2) is 11.1. The number of nitrogens with one attached hydrogen (secondary N) is 1. The molecule has 168 valence electrons. The van der Waals surface area contributed by atoms with E-state index in [4.69, 9.17) is 4.74 Å². The number of amides is 2. The van der Waals surface area contributed by atoms with Crippen LogP contribution in [0.1, 0.15) is 34.3 Å². The minimum Gasteiger partial charge on any atom is -0.489 e. The van der Waals surface area contributed by atoms with Crippen LogP contribution < -0.4 is 10.1 Å². The molecule has 1 aliphatic rings. The van der Waals surface area contributed by atoms with E-state index in [1.54, 1.807) is 18.2 Å². The first-order chi connectivity index (χ1) is 16.2. The normalized spacial score (nSPS) is 14.2. The summed E-state index contributed by atoms with van der Waals surface area (Å²) in [6, 6.07) is 27.0. The topological polar surface area (TPSA) is 58.6 Å². The number of hydrogen-bond donors (Lipinski definition) is 1. The van der Waals surface area contributed by atoms with Crippen LogP contribution in [-0.4, -0.2) is 35.8 Å². The van der Waals surface area contributed by atoms with Gasteiger partial charge in [0.25, 0.3) is 5.91 Å². The average Bonchev–Trinajstić information content (AvgIpc) is 2.88. The lowest BCUT2D eigenvalue weighted by molar-refractivity contribution is -0.126. The Morgan fingerprint density at radius 3 is 2.18 bits per heavy atom. The van der Waals surface area contributed by atoms with E-state index < -0.39 is 0 Å². The van der Waals surface area contributed by atoms with Gasteiger partial charge in [-0.3, -0.25) is 9.59 Å². The van der Waals surface area contributed by atoms with Crippen LogP contribution >= 0.6 is 0 Å². The van der Waals surface area contributed by atoms with Gasteiger partial charge >= 0.3 is 0 Å². The van der Waals surface area contributed by atoms with Gasteiger partial charge in [-0.15, -0.1) is 0 Å². The average molecular weight is 441 g/mol. The fourth-order valence-electron chi connectivity index (χ4n) is 3.79. The summed E-state index contributed by atoms with van der Waals surface area (Å²) >= 11 is 0. The summed E-state index contributed by atoms with van der Waals surface area (Å²) in [6.45, 7) is 1.79. The van der Waals surface area contributed by atoms with Crippen molar-refractivity contribution in [1.29, 1.82) is 0 Å². The molecule has 0 aromatic heterocycles. The SMILES string of the molecule is O=C(NC1CCN(C(=O)/C=C/c2ccc(OCc3ccccc3)cc2)CC1)c1ccccc1. The van der Waals surface area contributed by atoms with E-state index in [2.05, 4.69) is 5.32 Å². The molecule has 1 fully saturated rings. The van der Waals surface area contributed by atoms with Crippen LogP contribution in [0.25, 0.3) is 6.08 Å². The second-order valence-electron chi connectivity index (χ2n) is 8.12. The first-order valence-electron chi connectivity index (χ1n) is 11.3. The zero-order valence-corrected chi connectivity index (χ0v) is 18.5. The highest BCUT2D eigenvalue weighted by Gasteiger charge is 2.23. The Morgan fingerprint density at radius 1 is 0.879 bits per heavy atom. The zero-order valence-electron chi connectivity index (χ0n) is 18.5. The first-order valence-corrected chi connectivity index (χ1v) is 11.3. The molecule has 5 nitrogen and oxygen atoms in total. The molecule has 2 amide bonds. The summed E-state index contributed by atoms with van der Waals surface area (Å²) in [6.07, 6.45) is 4.95. The highest BCUT2D eigenvalue weighted by molar-refractivity contribution is 5.94. The Labute approximate surface area is 194 Å². The molecule has 5 heteroatoms. The molecule has 0 unspecified atom stereocenters. The zero-order chi connectivity index (χ0) is 22.9. The van der Waals surface area contributed by atoms with Gasteiger partial charge in [0.1, 0.15) is 12.4 Å². The van der Waals surface area contributed by atoms with E-state index in [1.165, 1.54) is 0 Å². The van der Waals surface area contributed by atoms with Crippen molar-refractivity contribution in [3.05, 3.63) is 108 Å². The van der Waals surface area contributed by atoms with Gasteiger partial charge in [-0.05, 0) is 54.3 Å². The Morgan fingerprint density at radius 2 is 1.52 bits per heavy atom. The van der Waals surface area contributed by atoms with E-state index >= 15 is 0 Å². The van der Waals surface area contributed by atoms with Crippen LogP contribution in [0.15, 0.2) is 91.0 Å². The minimum absolute atomic E-state index is 0.00719. The lowest BCUT2D eigenvalue weighted by Crippen LogP contribution is -2.46. The quantitative estimate of drug-likeness (QED) is 0.542. The minimum atomic E-state index is -0.0588. The van der Waals surface area contributed by atoms with Gasteiger partial charge in [-0.2, -0.15) is 0 Å². The predicted octanol–water partition coefficient (Wildman–Crippen LogP) is 4.70. The summed E-state index contributed by atoms with van der Waals surface area (Å²) in [5, 5.41) is 3.07. The molecule has 4 rings (SSSR count). The Balaban J connectivity index is 1.21. The van der Waals surface area contributed by atoms with Crippen LogP contribution in [0.4, 0.5) is 0 Å². The van der Waals surface area contributed by atoms with E-state index in [0.29, 0.717) is 25.3 Å². The number of carbonyl (C=O) groups excluding carboxylic acids is 2. The Bertz CT molecular complexity index is 1070. The van der Waals surface area contributed by atoms with Gasteiger partial charge in [-0.25, -0.2) is 0 Å². The maximum Gasteiger partial charge on any atom is 0.251 e. The van der Waals surface area contributed by atoms with E-state index in [0.717, 1.165) is 29.7 Å². The molecular formula is C28H28N2O3. The standard InChI is InChI=1S/C28H28N2O3/c31-27(30-19-17-25(18-20-30)29-28(32)24-9-5-2-6-10-24)16-13-22-11-14-26(15-12-22)33-21-23-7-3-1-4-8-23/h1-16,25H,17-21H2,(H,29,32)/b16-13+. The van der Waals surface area contributed by atoms with Crippen LogP contribution in [0.3, 0.4) is 0 Å². The van der Waals surface area contributed by atoms with Crippen molar-refractivity contribution >= 4 is 17.9 Å². The molecule has 0 saturated carbocycles. The fourth-order valence-corrected chi connectivity index (χ4v) is 3.79. The largest absolute Gasteiger partial charge is 0.489 e. The van der Waals surface area contributed by atoms with Gasteiger partial charge in [0.05, 0.1) is 0 Å². The fraction of sp³-hybridized carbons (Fsp3) is 0.214. The van der Waals surface area contributed by atoms with Crippen molar-refractivity contribution in [2.75, 3.05) is 13.1 Å². The van der Waals surface area contributed by atoms with Crippen LogP contribution in [0.5, 0.6) is 5.75 Å². The molecule has 3 aromatic rings. The molecule has 0 atom stereocenters. The number of likely N-dealkylation sites (tertiary alicyclic amines) is 1. The molecule has 0 spiro atoms. The number of piperidine rings is 1. The highest BCUT2D eigenvalue weighted by atomic mass is 16.5. The molecular weight excluding hydrogens is 412 g/mol. The molecule has 1 saturated heterocycles. The summed E-state index contributed by atoms with van der Waals surface area (Å²) < 4.78 is 5.80. The van der Waals surface area contributed by atoms with E-state index in [-0.39, 0.29) is 17.9 Å². The number of rotatable bonds is 7. The van der Waals surface area contributed by atoms with Crippen LogP contribution in [0.2, 0.25) is 0 Å². The smallest absolute Gasteiger partial charge is 0.251 e. The Hall–Kier alpha value is -3.86. The summed E-state index contributed by atoms with van der Waals surface area (Å²) in [5.74, 6) is 0.727. The van der Waals surface area contributed by atoms with E-state index in [1.807, 2.05) is 83.8 Å². The highest BCUT2D eigenvalue weighted by Crippen LogP contribution is 2.16. The lowest BCUT2D eigenvalue weighted by atomic mass is 10.0. The molecule has 1 N–H and O–H groups in total. The third kappa shape index (κ3) is 6.56. The first kappa shape index (κ1) is 22.3. The van der Waals surface area contributed by atoms with Crippen molar-refractivity contribution in [2.45, 2.75) is 25.5 Å². The van der Waals surface area contributed by atoms with Crippen molar-refractivity contribution < 1.29 is 14.3 Å². The molecule has 1 heterocycles. The van der Waals surface area contributed by atoms with Crippen molar-refractivity contribution in [2.24, 2.45) is 0 Å². The van der Waals surface area contributed by atoms with Crippen molar-refractivity contribution in [3.63, 3.8) is 0 Å². The van der Waals surface area contributed by atoms with Gasteiger partial charge in [0.15, 0.2) is 0 Å². The maximum absolute atomic E-state index is 12.6. The maximum atomic E-state index is 12.6. The molecule has 0 radical (unpaired) electrons. The number of carbonyl (C=O) groups is 2. The molecule has 1 aliphatic heterocycles. The number of benzene rings is 3. The second-order valence-corrected chi connectivity index (χ2v) is 8.12. The number of hydrogen-bond acceptors (Lipinski definition) is 3. The van der Waals surface area contributed by atoms with Gasteiger partial charge < -0.3 is 15.0 Å². The van der Waals surface area contributed by atoms with Crippen LogP contribution in [0, 0.1) is 0 Å². The van der Waals surface area contributed by atoms with Gasteiger partial charge in [0.2, 0.25) is 5.91 Å². The van der Waals surface area contributed by atoms with Gasteiger partial charge in [0, 0.05) is 30.8 Å². The number of nitrogens with zero attached hydrogens (tertiary/aromatic N) is 1. The summed E-state index contributed by atoms with van der Waals surface area (Å²) in [7, 11) is 0.